The molecule has 0 fully saturated rings. The molecule has 0 saturated heterocycles. The topological polar surface area (TPSA) is 87.5 Å². The van der Waals surface area contributed by atoms with Crippen LogP contribution in [0.25, 0.3) is 22.2 Å². The molecule has 0 atom stereocenters. The molecule has 2 heterocycles. The number of carbonyl (C=O) groups excluding carboxylic acids is 1. The summed E-state index contributed by atoms with van der Waals surface area (Å²) in [6.45, 7) is 12.3. The smallest absolute Gasteiger partial charge is 0.372 e. The van der Waals surface area contributed by atoms with Crippen molar-refractivity contribution in [3.63, 3.8) is 0 Å². The molecule has 0 unspecified atom stereocenters. The first-order chi connectivity index (χ1) is 24.1. The Morgan fingerprint density at radius 1 is 0.960 bits per heavy atom. The van der Waals surface area contributed by atoms with Crippen LogP contribution in [0.15, 0.2) is 61.4 Å². The van der Waals surface area contributed by atoms with Crippen molar-refractivity contribution in [2.24, 2.45) is 7.05 Å². The molecule has 4 aromatic rings. The van der Waals surface area contributed by atoms with Crippen LogP contribution < -0.4 is 23.8 Å². The van der Waals surface area contributed by atoms with Gasteiger partial charge in [0.05, 0.1) is 0 Å². The number of hydrogen-bond donors (Lipinski definition) is 2. The summed E-state index contributed by atoms with van der Waals surface area (Å²) in [7, 11) is 9.84. The van der Waals surface area contributed by atoms with E-state index in [9.17, 15) is 4.79 Å². The second-order valence-electron chi connectivity index (χ2n) is 13.9. The number of fused-ring (bicyclic) bond motifs is 1. The van der Waals surface area contributed by atoms with E-state index in [4.69, 9.17) is 9.72 Å². The Morgan fingerprint density at radius 2 is 1.64 bits per heavy atom. The SMILES string of the molecule is C=CC(=O)Nc1cc(Nc2nccc(-c3cn(C)c4cc[c]([Sn]([CH2]CCC)([CH2]CCC)[CH2]CCC)cc34)n2)c(OC)cc1N(C)CCN(C)C. The van der Waals surface area contributed by atoms with E-state index in [1.165, 1.54) is 68.8 Å². The van der Waals surface area contributed by atoms with Crippen LogP contribution in [0.2, 0.25) is 13.3 Å². The Bertz CT molecular complexity index is 1710. The minimum absolute atomic E-state index is 0.287. The maximum atomic E-state index is 12.5. The van der Waals surface area contributed by atoms with Gasteiger partial charge in [0.25, 0.3) is 0 Å². The molecular formula is C40H59N7O2Sn. The Morgan fingerprint density at radius 3 is 2.24 bits per heavy atom. The van der Waals surface area contributed by atoms with Gasteiger partial charge in [-0.05, 0) is 20.2 Å². The fraction of sp³-hybridized carbons (Fsp3) is 0.475. The van der Waals surface area contributed by atoms with Gasteiger partial charge in [0.1, 0.15) is 0 Å². The van der Waals surface area contributed by atoms with E-state index >= 15 is 0 Å². The van der Waals surface area contributed by atoms with Gasteiger partial charge in [0.2, 0.25) is 5.91 Å². The summed E-state index contributed by atoms with van der Waals surface area (Å²) in [6.07, 6.45) is 13.1. The van der Waals surface area contributed by atoms with E-state index in [0.29, 0.717) is 23.1 Å². The van der Waals surface area contributed by atoms with Crippen LogP contribution in [0, 0.1) is 0 Å². The third-order valence-corrected chi connectivity index (χ3v) is 25.5. The van der Waals surface area contributed by atoms with Crippen LogP contribution in [0.5, 0.6) is 5.75 Å². The van der Waals surface area contributed by atoms with Crippen LogP contribution in [-0.2, 0) is 11.8 Å². The van der Waals surface area contributed by atoms with Gasteiger partial charge in [-0.25, -0.2) is 0 Å². The van der Waals surface area contributed by atoms with Crippen molar-refractivity contribution >= 4 is 61.8 Å². The van der Waals surface area contributed by atoms with Crippen molar-refractivity contribution in [1.82, 2.24) is 19.4 Å². The van der Waals surface area contributed by atoms with Crippen LogP contribution in [0.1, 0.15) is 59.3 Å². The van der Waals surface area contributed by atoms with E-state index < -0.39 is 18.4 Å². The Labute approximate surface area is 304 Å². The van der Waals surface area contributed by atoms with Gasteiger partial charge in [0, 0.05) is 20.1 Å². The van der Waals surface area contributed by atoms with Gasteiger partial charge >= 0.3 is 238 Å². The van der Waals surface area contributed by atoms with Crippen molar-refractivity contribution in [3.8, 4) is 17.0 Å². The quantitative estimate of drug-likeness (QED) is 0.0686. The van der Waals surface area contributed by atoms with Crippen LogP contribution in [-0.4, -0.2) is 85.1 Å². The van der Waals surface area contributed by atoms with Gasteiger partial charge < -0.3 is 9.80 Å². The molecular weight excluding hydrogens is 729 g/mol. The molecule has 0 spiro atoms. The van der Waals surface area contributed by atoms with E-state index in [-0.39, 0.29) is 5.91 Å². The fourth-order valence-corrected chi connectivity index (χ4v) is 22.8. The van der Waals surface area contributed by atoms with E-state index in [1.54, 1.807) is 16.9 Å². The summed E-state index contributed by atoms with van der Waals surface area (Å²) in [4.78, 5) is 26.3. The zero-order valence-electron chi connectivity index (χ0n) is 31.7. The molecule has 2 aromatic heterocycles. The predicted octanol–water partition coefficient (Wildman–Crippen LogP) is 8.57. The number of carbonyl (C=O) groups is 1. The summed E-state index contributed by atoms with van der Waals surface area (Å²) in [5.41, 5.74) is 5.32. The Hall–Kier alpha value is -3.57. The van der Waals surface area contributed by atoms with E-state index in [0.717, 1.165) is 30.0 Å². The van der Waals surface area contributed by atoms with Gasteiger partial charge in [-0.3, -0.25) is 4.79 Å². The van der Waals surface area contributed by atoms with Crippen molar-refractivity contribution in [3.05, 3.63) is 61.4 Å². The molecule has 2 aromatic carbocycles. The number of anilines is 4. The van der Waals surface area contributed by atoms with Gasteiger partial charge in [0.15, 0.2) is 0 Å². The molecule has 0 aliphatic heterocycles. The van der Waals surface area contributed by atoms with Gasteiger partial charge in [-0.15, -0.1) is 0 Å². The summed E-state index contributed by atoms with van der Waals surface area (Å²) in [6, 6.07) is 13.2. The molecule has 0 aliphatic rings. The molecule has 0 radical (unpaired) electrons. The number of aryl methyl sites for hydroxylation is 1. The number of benzene rings is 2. The molecule has 2 N–H and O–H groups in total. The molecule has 10 heteroatoms. The number of ether oxygens (including phenoxy) is 1. The second kappa shape index (κ2) is 18.6. The minimum Gasteiger partial charge on any atom is -0.372 e. The number of hydrogen-bond acceptors (Lipinski definition) is 7. The van der Waals surface area contributed by atoms with Crippen molar-refractivity contribution < 1.29 is 9.53 Å². The zero-order chi connectivity index (χ0) is 36.3. The standard InChI is InChI=1S/C28H32N7O2.3C4H9.Sn/c1-7-27(36)30-22-16-23(26(37-6)17-25(22)34(4)15-14-33(2)3)32-28-29-13-12-21(31-28)20-18-35(5)24-11-9-8-10-19(20)24;3*1-3-4-2;/h7,9-13,16-18H,1,14-15H2,2-6H3,(H,30,36)(H,29,31,32);3*1,3-4H2,2H3;. The first-order valence-corrected chi connectivity index (χ1v) is 25.8. The summed E-state index contributed by atoms with van der Waals surface area (Å²) >= 11 is -2.65. The molecule has 1 amide bonds. The monoisotopic (exact) mass is 789 g/mol. The van der Waals surface area contributed by atoms with Crippen molar-refractivity contribution in [2.45, 2.75) is 72.6 Å². The molecule has 50 heavy (non-hydrogen) atoms. The van der Waals surface area contributed by atoms with Gasteiger partial charge in [-0.1, -0.05) is 6.58 Å². The van der Waals surface area contributed by atoms with E-state index in [2.05, 4.69) is 88.8 Å². The van der Waals surface area contributed by atoms with Crippen LogP contribution >= 0.6 is 0 Å². The Balaban J connectivity index is 1.76. The zero-order valence-corrected chi connectivity index (χ0v) is 34.6. The molecule has 4 rings (SSSR count). The summed E-state index contributed by atoms with van der Waals surface area (Å²) < 4.78 is 14.0. The van der Waals surface area contributed by atoms with Crippen LogP contribution in [0.4, 0.5) is 23.0 Å². The van der Waals surface area contributed by atoms with Gasteiger partial charge in [-0.2, -0.15) is 0 Å². The average molecular weight is 789 g/mol. The normalized spacial score (nSPS) is 11.6. The number of unbranched alkanes of at least 4 members (excludes halogenated alkanes) is 3. The third-order valence-electron chi connectivity index (χ3n) is 9.86. The van der Waals surface area contributed by atoms with E-state index in [1.807, 2.05) is 39.3 Å². The fourth-order valence-electron chi connectivity index (χ4n) is 6.87. The number of methoxy groups -OCH3 is 1. The second-order valence-corrected chi connectivity index (χ2v) is 27.1. The minimum atomic E-state index is -2.65. The Kier molecular flexibility index (Phi) is 14.6. The van der Waals surface area contributed by atoms with Crippen LogP contribution in [0.3, 0.4) is 0 Å². The molecule has 270 valence electrons. The van der Waals surface area contributed by atoms with Crippen molar-refractivity contribution in [1.29, 1.82) is 0 Å². The number of nitrogens with zero attached hydrogens (tertiary/aromatic N) is 5. The maximum absolute atomic E-state index is 12.5. The third kappa shape index (κ3) is 9.60. The number of rotatable bonds is 20. The first kappa shape index (κ1) is 39.2. The number of nitrogens with one attached hydrogen (secondary N) is 2. The predicted molar refractivity (Wildman–Crippen MR) is 215 cm³/mol. The first-order valence-electron chi connectivity index (χ1n) is 18.3. The number of aromatic nitrogens is 3. The molecule has 0 aliphatic carbocycles. The number of amides is 1. The summed E-state index contributed by atoms with van der Waals surface area (Å²) in [5.74, 6) is 0.780. The van der Waals surface area contributed by atoms with Crippen molar-refractivity contribution in [2.75, 3.05) is 56.9 Å². The molecule has 0 bridgehead atoms. The molecule has 0 saturated carbocycles. The average Bonchev–Trinajstić information content (AvgIpc) is 3.46. The number of likely N-dealkylation sites (N-methyl/N-ethyl adjacent to an activating group) is 2. The molecule has 9 nitrogen and oxygen atoms in total. The summed E-state index contributed by atoms with van der Waals surface area (Å²) in [5, 5.41) is 7.63.